The summed E-state index contributed by atoms with van der Waals surface area (Å²) in [7, 11) is 0. The number of fused-ring (bicyclic) bond motifs is 1. The van der Waals surface area contributed by atoms with Crippen molar-refractivity contribution in [1.82, 2.24) is 5.16 Å². The Hall–Kier alpha value is -1.88. The first-order valence-corrected chi connectivity index (χ1v) is 8.12. The van der Waals surface area contributed by atoms with Gasteiger partial charge in [0.1, 0.15) is 18.2 Å². The van der Waals surface area contributed by atoms with Gasteiger partial charge < -0.3 is 9.26 Å². The van der Waals surface area contributed by atoms with Gasteiger partial charge in [0.25, 0.3) is 0 Å². The minimum atomic E-state index is -0.248. The average molecular weight is 364 g/mol. The molecule has 1 aromatic heterocycles. The van der Waals surface area contributed by atoms with Crippen LogP contribution in [0, 0.1) is 12.7 Å². The van der Waals surface area contributed by atoms with Crippen LogP contribution in [0.3, 0.4) is 0 Å². The molecule has 0 saturated heterocycles. The third-order valence-electron chi connectivity index (χ3n) is 3.55. The number of ether oxygens (including phenoxy) is 1. The molecule has 0 fully saturated rings. The summed E-state index contributed by atoms with van der Waals surface area (Å²) >= 11 is 3.41. The van der Waals surface area contributed by atoms with Gasteiger partial charge in [-0.15, -0.1) is 0 Å². The summed E-state index contributed by atoms with van der Waals surface area (Å²) in [6.45, 7) is 2.33. The first-order valence-electron chi connectivity index (χ1n) is 7.00. The number of aryl methyl sites for hydroxylation is 2. The fourth-order valence-corrected chi connectivity index (χ4v) is 2.71. The molecule has 3 aromatic rings. The molecule has 2 aromatic carbocycles. The van der Waals surface area contributed by atoms with E-state index in [1.165, 1.54) is 12.1 Å². The van der Waals surface area contributed by atoms with Crippen LogP contribution in [0.1, 0.15) is 16.8 Å². The highest BCUT2D eigenvalue weighted by Gasteiger charge is 2.13. The maximum atomic E-state index is 12.9. The van der Waals surface area contributed by atoms with Crippen LogP contribution in [0.15, 0.2) is 40.9 Å². The van der Waals surface area contributed by atoms with Crippen molar-refractivity contribution in [3.63, 3.8) is 0 Å². The fraction of sp³-hybridized carbons (Fsp3) is 0.235. The van der Waals surface area contributed by atoms with E-state index in [2.05, 4.69) is 21.1 Å². The second-order valence-electron chi connectivity index (χ2n) is 5.05. The summed E-state index contributed by atoms with van der Waals surface area (Å²) in [5.41, 5.74) is 3.54. The third kappa shape index (κ3) is 2.99. The predicted molar refractivity (Wildman–Crippen MR) is 87.0 cm³/mol. The van der Waals surface area contributed by atoms with Gasteiger partial charge in [0.05, 0.1) is 5.69 Å². The smallest absolute Gasteiger partial charge is 0.173 e. The van der Waals surface area contributed by atoms with Gasteiger partial charge in [0.2, 0.25) is 0 Å². The summed E-state index contributed by atoms with van der Waals surface area (Å²) in [4.78, 5) is 0. The first-order chi connectivity index (χ1) is 10.7. The Morgan fingerprint density at radius 3 is 2.68 bits per heavy atom. The van der Waals surface area contributed by atoms with Crippen molar-refractivity contribution in [1.29, 1.82) is 0 Å². The molecular formula is C17H15BrFNO2. The molecule has 0 radical (unpaired) electrons. The minimum absolute atomic E-state index is 0.248. The van der Waals surface area contributed by atoms with Crippen LogP contribution in [0.4, 0.5) is 4.39 Å². The summed E-state index contributed by atoms with van der Waals surface area (Å²) in [5.74, 6) is 0.501. The van der Waals surface area contributed by atoms with Crippen LogP contribution < -0.4 is 4.74 Å². The van der Waals surface area contributed by atoms with Crippen molar-refractivity contribution in [2.45, 2.75) is 20.0 Å². The summed E-state index contributed by atoms with van der Waals surface area (Å²) < 4.78 is 24.2. The Bertz CT molecular complexity index is 783. The van der Waals surface area contributed by atoms with Crippen molar-refractivity contribution in [2.75, 3.05) is 5.33 Å². The van der Waals surface area contributed by atoms with Gasteiger partial charge in [0, 0.05) is 22.7 Å². The molecule has 3 nitrogen and oxygen atoms in total. The lowest BCUT2D eigenvalue weighted by atomic mass is 10.1. The lowest BCUT2D eigenvalue weighted by Crippen LogP contribution is -1.97. The van der Waals surface area contributed by atoms with Crippen LogP contribution in [-0.2, 0) is 13.0 Å². The molecule has 0 bridgehead atoms. The number of hydrogen-bond donors (Lipinski definition) is 0. The maximum Gasteiger partial charge on any atom is 0.173 e. The molecule has 0 N–H and O–H groups in total. The number of aromatic nitrogens is 1. The SMILES string of the molecule is Cc1c(OCc2ccc(F)cc2)ccc2c(CCBr)noc12. The Labute approximate surface area is 136 Å². The van der Waals surface area contributed by atoms with Crippen LogP contribution in [0.25, 0.3) is 11.0 Å². The highest BCUT2D eigenvalue weighted by molar-refractivity contribution is 9.09. The average Bonchev–Trinajstić information content (AvgIpc) is 2.93. The lowest BCUT2D eigenvalue weighted by Gasteiger charge is -2.09. The molecule has 1 heterocycles. The van der Waals surface area contributed by atoms with Crippen molar-refractivity contribution < 1.29 is 13.7 Å². The van der Waals surface area contributed by atoms with Gasteiger partial charge in [-0.1, -0.05) is 33.2 Å². The molecule has 0 aliphatic carbocycles. The standard InChI is InChI=1S/C17H15BrFNO2/c1-11-16(21-10-12-2-4-13(19)5-3-12)7-6-14-15(8-9-18)20-22-17(11)14/h2-7H,8-10H2,1H3. The lowest BCUT2D eigenvalue weighted by molar-refractivity contribution is 0.303. The normalized spacial score (nSPS) is 11.0. The van der Waals surface area contributed by atoms with E-state index in [4.69, 9.17) is 9.26 Å². The second-order valence-corrected chi connectivity index (χ2v) is 5.84. The summed E-state index contributed by atoms with van der Waals surface area (Å²) in [5, 5.41) is 5.98. The molecule has 5 heteroatoms. The fourth-order valence-electron chi connectivity index (χ4n) is 2.34. The van der Waals surface area contributed by atoms with Crippen molar-refractivity contribution in [3.8, 4) is 5.75 Å². The van der Waals surface area contributed by atoms with Crippen molar-refractivity contribution >= 4 is 26.9 Å². The number of halogens is 2. The Morgan fingerprint density at radius 1 is 1.18 bits per heavy atom. The second kappa shape index (κ2) is 6.48. The van der Waals surface area contributed by atoms with E-state index in [1.807, 2.05) is 19.1 Å². The van der Waals surface area contributed by atoms with Crippen molar-refractivity contribution in [3.05, 3.63) is 59.0 Å². The van der Waals surface area contributed by atoms with E-state index < -0.39 is 0 Å². The van der Waals surface area contributed by atoms with Gasteiger partial charge in [-0.25, -0.2) is 4.39 Å². The van der Waals surface area contributed by atoms with Gasteiger partial charge >= 0.3 is 0 Å². The molecule has 22 heavy (non-hydrogen) atoms. The Balaban J connectivity index is 1.82. The summed E-state index contributed by atoms with van der Waals surface area (Å²) in [6.07, 6.45) is 0.822. The van der Waals surface area contributed by atoms with E-state index in [-0.39, 0.29) is 5.82 Å². The number of nitrogens with zero attached hydrogens (tertiary/aromatic N) is 1. The highest BCUT2D eigenvalue weighted by Crippen LogP contribution is 2.30. The minimum Gasteiger partial charge on any atom is -0.488 e. The zero-order valence-corrected chi connectivity index (χ0v) is 13.7. The number of benzene rings is 2. The Morgan fingerprint density at radius 2 is 1.95 bits per heavy atom. The highest BCUT2D eigenvalue weighted by atomic mass is 79.9. The zero-order chi connectivity index (χ0) is 15.5. The van der Waals surface area contributed by atoms with Crippen LogP contribution in [0.5, 0.6) is 5.75 Å². The number of hydrogen-bond acceptors (Lipinski definition) is 3. The quantitative estimate of drug-likeness (QED) is 0.611. The monoisotopic (exact) mass is 363 g/mol. The van der Waals surface area contributed by atoms with Gasteiger partial charge in [-0.2, -0.15) is 0 Å². The third-order valence-corrected chi connectivity index (χ3v) is 3.95. The zero-order valence-electron chi connectivity index (χ0n) is 12.1. The molecule has 0 atom stereocenters. The molecule has 0 unspecified atom stereocenters. The first kappa shape index (κ1) is 15.0. The van der Waals surface area contributed by atoms with E-state index >= 15 is 0 Å². The van der Waals surface area contributed by atoms with Gasteiger partial charge in [-0.05, 0) is 36.8 Å². The molecular weight excluding hydrogens is 349 g/mol. The maximum absolute atomic E-state index is 12.9. The Kier molecular flexibility index (Phi) is 4.43. The summed E-state index contributed by atoms with van der Waals surface area (Å²) in [6, 6.07) is 10.2. The molecule has 114 valence electrons. The van der Waals surface area contributed by atoms with Crippen molar-refractivity contribution in [2.24, 2.45) is 0 Å². The molecule has 0 aliphatic rings. The molecule has 3 rings (SSSR count). The van der Waals surface area contributed by atoms with Crippen LogP contribution in [-0.4, -0.2) is 10.5 Å². The molecule has 0 saturated carbocycles. The van der Waals surface area contributed by atoms with Gasteiger partial charge in [0.15, 0.2) is 5.58 Å². The van der Waals surface area contributed by atoms with Gasteiger partial charge in [-0.3, -0.25) is 0 Å². The molecule has 0 aliphatic heterocycles. The molecule has 0 spiro atoms. The largest absolute Gasteiger partial charge is 0.488 e. The van der Waals surface area contributed by atoms with E-state index in [0.29, 0.717) is 6.61 Å². The molecule has 0 amide bonds. The van der Waals surface area contributed by atoms with E-state index in [1.54, 1.807) is 12.1 Å². The van der Waals surface area contributed by atoms with E-state index in [9.17, 15) is 4.39 Å². The predicted octanol–water partition coefficient (Wildman–Crippen LogP) is 4.79. The number of rotatable bonds is 5. The topological polar surface area (TPSA) is 35.3 Å². The van der Waals surface area contributed by atoms with E-state index in [0.717, 1.165) is 45.3 Å². The number of alkyl halides is 1. The van der Waals surface area contributed by atoms with Crippen LogP contribution in [0.2, 0.25) is 0 Å². The van der Waals surface area contributed by atoms with Crippen LogP contribution >= 0.6 is 15.9 Å².